The van der Waals surface area contributed by atoms with Gasteiger partial charge in [0.2, 0.25) is 0 Å². The van der Waals surface area contributed by atoms with Crippen LogP contribution in [0.4, 0.5) is 11.4 Å². The van der Waals surface area contributed by atoms with E-state index >= 15 is 0 Å². The first-order chi connectivity index (χ1) is 9.40. The summed E-state index contributed by atoms with van der Waals surface area (Å²) in [4.78, 5) is 19.4. The maximum Gasteiger partial charge on any atom is 0.270 e. The quantitative estimate of drug-likeness (QED) is 0.536. The average molecular weight is 404 g/mol. The molecule has 0 aliphatic heterocycles. The van der Waals surface area contributed by atoms with Crippen molar-refractivity contribution in [3.63, 3.8) is 0 Å². The number of nitro groups is 2. The van der Waals surface area contributed by atoms with Crippen molar-refractivity contribution in [2.75, 3.05) is 0 Å². The van der Waals surface area contributed by atoms with E-state index in [9.17, 15) is 20.2 Å². The first-order valence-corrected chi connectivity index (χ1v) is 6.78. The van der Waals surface area contributed by atoms with Gasteiger partial charge in [0.25, 0.3) is 11.4 Å². The fourth-order valence-electron chi connectivity index (χ4n) is 1.18. The molecule has 0 spiro atoms. The van der Waals surface area contributed by atoms with Crippen LogP contribution in [0.5, 0.6) is 0 Å². The summed E-state index contributed by atoms with van der Waals surface area (Å²) in [6.45, 7) is 0. The molecule has 0 heterocycles. The monoisotopic (exact) mass is 402 g/mol. The zero-order valence-corrected chi connectivity index (χ0v) is 13.1. The van der Waals surface area contributed by atoms with Gasteiger partial charge < -0.3 is 0 Å². The Balaban J connectivity index is 0.000000200. The lowest BCUT2D eigenvalue weighted by Crippen LogP contribution is -1.85. The molecule has 0 bridgehead atoms. The zero-order chi connectivity index (χ0) is 15.1. The summed E-state index contributed by atoms with van der Waals surface area (Å²) in [5.74, 6) is 0. The van der Waals surface area contributed by atoms with Crippen molar-refractivity contribution in [1.82, 2.24) is 0 Å². The van der Waals surface area contributed by atoms with Crippen LogP contribution in [-0.2, 0) is 0 Å². The summed E-state index contributed by atoms with van der Waals surface area (Å²) in [5, 5.41) is 20.3. The molecule has 8 heteroatoms. The van der Waals surface area contributed by atoms with Gasteiger partial charge in [0, 0.05) is 33.2 Å². The predicted molar refractivity (Wildman–Crippen MR) is 81.6 cm³/mol. The summed E-state index contributed by atoms with van der Waals surface area (Å²) in [6, 6.07) is 12.6. The second-order valence-corrected chi connectivity index (χ2v) is 5.31. The van der Waals surface area contributed by atoms with Gasteiger partial charge in [-0.15, -0.1) is 0 Å². The number of halogens is 2. The SMILES string of the molecule is O=[N+]([O-])c1cccc(Br)c1.O=[N+]([O-])c1cccc(Br)c1. The van der Waals surface area contributed by atoms with Crippen LogP contribution in [0, 0.1) is 20.2 Å². The first kappa shape index (κ1) is 16.3. The number of hydrogen-bond donors (Lipinski definition) is 0. The standard InChI is InChI=1S/2C6H4BrNO2/c2*7-5-2-1-3-6(4-5)8(9)10/h2*1-4H. The van der Waals surface area contributed by atoms with Crippen molar-refractivity contribution >= 4 is 43.2 Å². The smallest absolute Gasteiger partial charge is 0.258 e. The molecular formula is C12H8Br2N2O4. The molecule has 0 radical (unpaired) electrons. The molecule has 0 unspecified atom stereocenters. The zero-order valence-electron chi connectivity index (χ0n) is 9.90. The molecule has 104 valence electrons. The van der Waals surface area contributed by atoms with Gasteiger partial charge in [-0.05, 0) is 12.1 Å². The van der Waals surface area contributed by atoms with E-state index in [1.165, 1.54) is 24.3 Å². The molecule has 0 amide bonds. The molecule has 20 heavy (non-hydrogen) atoms. The summed E-state index contributed by atoms with van der Waals surface area (Å²) in [5.41, 5.74) is 0.212. The van der Waals surface area contributed by atoms with Gasteiger partial charge in [0.1, 0.15) is 0 Å². The number of benzene rings is 2. The Bertz CT molecular complexity index is 579. The third-order valence-corrected chi connectivity index (χ3v) is 3.02. The molecule has 2 aromatic rings. The van der Waals surface area contributed by atoms with Crippen LogP contribution in [-0.4, -0.2) is 9.85 Å². The summed E-state index contributed by atoms with van der Waals surface area (Å²) < 4.78 is 1.45. The van der Waals surface area contributed by atoms with Gasteiger partial charge in [-0.25, -0.2) is 0 Å². The molecule has 0 saturated carbocycles. The number of nitro benzene ring substituents is 2. The molecular weight excluding hydrogens is 396 g/mol. The maximum absolute atomic E-state index is 10.1. The molecule has 0 aromatic heterocycles. The maximum atomic E-state index is 10.1. The lowest BCUT2D eigenvalue weighted by molar-refractivity contribution is -0.385. The molecule has 0 fully saturated rings. The van der Waals surface area contributed by atoms with Crippen LogP contribution in [0.15, 0.2) is 57.5 Å². The van der Waals surface area contributed by atoms with Gasteiger partial charge in [0.05, 0.1) is 9.85 Å². The Kier molecular flexibility index (Phi) is 6.26. The summed E-state index contributed by atoms with van der Waals surface area (Å²) in [6.07, 6.45) is 0. The third kappa shape index (κ3) is 5.45. The van der Waals surface area contributed by atoms with E-state index in [1.54, 1.807) is 24.3 Å². The molecule has 0 saturated heterocycles. The van der Waals surface area contributed by atoms with Crippen molar-refractivity contribution in [1.29, 1.82) is 0 Å². The largest absolute Gasteiger partial charge is 0.270 e. The van der Waals surface area contributed by atoms with Gasteiger partial charge in [-0.3, -0.25) is 20.2 Å². The molecule has 6 nitrogen and oxygen atoms in total. The van der Waals surface area contributed by atoms with Gasteiger partial charge >= 0.3 is 0 Å². The Morgan fingerprint density at radius 1 is 0.750 bits per heavy atom. The van der Waals surface area contributed by atoms with Crippen molar-refractivity contribution in [2.24, 2.45) is 0 Å². The molecule has 0 aliphatic carbocycles. The van der Waals surface area contributed by atoms with E-state index in [4.69, 9.17) is 0 Å². The minimum absolute atomic E-state index is 0.106. The van der Waals surface area contributed by atoms with Crippen molar-refractivity contribution in [3.05, 3.63) is 77.7 Å². The van der Waals surface area contributed by atoms with Gasteiger partial charge in [-0.1, -0.05) is 44.0 Å². The normalized spacial score (nSPS) is 9.30. The molecule has 0 atom stereocenters. The average Bonchev–Trinajstić information content (AvgIpc) is 2.39. The highest BCUT2D eigenvalue weighted by Crippen LogP contribution is 2.17. The highest BCUT2D eigenvalue weighted by molar-refractivity contribution is 9.10. The number of rotatable bonds is 2. The first-order valence-electron chi connectivity index (χ1n) is 5.20. The van der Waals surface area contributed by atoms with Crippen LogP contribution in [0.25, 0.3) is 0 Å². The Hall–Kier alpha value is -1.80. The number of non-ortho nitro benzene ring substituents is 2. The van der Waals surface area contributed by atoms with Crippen LogP contribution in [0.3, 0.4) is 0 Å². The molecule has 0 aliphatic rings. The highest BCUT2D eigenvalue weighted by Gasteiger charge is 2.03. The van der Waals surface area contributed by atoms with Gasteiger partial charge in [0.15, 0.2) is 0 Å². The predicted octanol–water partition coefficient (Wildman–Crippen LogP) is 4.71. The highest BCUT2D eigenvalue weighted by atomic mass is 79.9. The van der Waals surface area contributed by atoms with Crippen LogP contribution in [0.1, 0.15) is 0 Å². The Morgan fingerprint density at radius 3 is 1.30 bits per heavy atom. The number of nitrogens with zero attached hydrogens (tertiary/aromatic N) is 2. The van der Waals surface area contributed by atoms with Crippen molar-refractivity contribution in [3.8, 4) is 0 Å². The fourth-order valence-corrected chi connectivity index (χ4v) is 1.95. The van der Waals surface area contributed by atoms with Crippen LogP contribution >= 0.6 is 31.9 Å². The minimum Gasteiger partial charge on any atom is -0.258 e. The summed E-state index contributed by atoms with van der Waals surface area (Å²) in [7, 11) is 0. The fraction of sp³-hybridized carbons (Fsp3) is 0. The van der Waals surface area contributed by atoms with E-state index < -0.39 is 9.85 Å². The van der Waals surface area contributed by atoms with E-state index in [-0.39, 0.29) is 11.4 Å². The van der Waals surface area contributed by atoms with Crippen LogP contribution in [0.2, 0.25) is 0 Å². The Morgan fingerprint density at radius 2 is 1.10 bits per heavy atom. The molecule has 2 aromatic carbocycles. The van der Waals surface area contributed by atoms with E-state index in [1.807, 2.05) is 0 Å². The van der Waals surface area contributed by atoms with E-state index in [0.29, 0.717) is 0 Å². The lowest BCUT2D eigenvalue weighted by Gasteiger charge is -1.89. The number of hydrogen-bond acceptors (Lipinski definition) is 4. The van der Waals surface area contributed by atoms with Gasteiger partial charge in [-0.2, -0.15) is 0 Å². The van der Waals surface area contributed by atoms with E-state index in [0.717, 1.165) is 8.95 Å². The minimum atomic E-state index is -0.426. The van der Waals surface area contributed by atoms with Crippen molar-refractivity contribution < 1.29 is 9.85 Å². The second kappa shape index (κ2) is 7.71. The molecule has 0 N–H and O–H groups in total. The van der Waals surface area contributed by atoms with Crippen molar-refractivity contribution in [2.45, 2.75) is 0 Å². The Labute approximate surface area is 131 Å². The third-order valence-electron chi connectivity index (χ3n) is 2.04. The molecule has 2 rings (SSSR count). The second-order valence-electron chi connectivity index (χ2n) is 3.47. The van der Waals surface area contributed by atoms with Crippen LogP contribution < -0.4 is 0 Å². The lowest BCUT2D eigenvalue weighted by atomic mass is 10.3. The summed E-state index contributed by atoms with van der Waals surface area (Å²) >= 11 is 6.25. The topological polar surface area (TPSA) is 86.3 Å². The van der Waals surface area contributed by atoms with E-state index in [2.05, 4.69) is 31.9 Å².